The number of anilines is 2. The van der Waals surface area contributed by atoms with Gasteiger partial charge in [-0.1, -0.05) is 0 Å². The average Bonchev–Trinajstić information content (AvgIpc) is 2.49. The van der Waals surface area contributed by atoms with E-state index in [4.69, 9.17) is 9.68 Å². The van der Waals surface area contributed by atoms with Gasteiger partial charge in [-0.15, -0.1) is 5.06 Å². The minimum absolute atomic E-state index is 0.0790. The first-order valence-electron chi connectivity index (χ1n) is 5.99. The fourth-order valence-electron chi connectivity index (χ4n) is 1.45. The maximum absolute atomic E-state index is 11.1. The van der Waals surface area contributed by atoms with E-state index in [1.807, 2.05) is 0 Å². The maximum Gasteiger partial charge on any atom is 0.392 e. The number of hydroxylamine groups is 2. The van der Waals surface area contributed by atoms with E-state index in [1.165, 1.54) is 12.1 Å². The number of nitrogens with zero attached hydrogens (tertiary/aromatic N) is 4. The van der Waals surface area contributed by atoms with Gasteiger partial charge in [0.15, 0.2) is 5.69 Å². The minimum atomic E-state index is -0.788. The van der Waals surface area contributed by atoms with Crippen molar-refractivity contribution in [3.63, 3.8) is 0 Å². The Bertz CT molecular complexity index is 523. The van der Waals surface area contributed by atoms with E-state index in [1.54, 1.807) is 13.8 Å². The van der Waals surface area contributed by atoms with Crippen LogP contribution in [0.15, 0.2) is 12.1 Å². The monoisotopic (exact) mass is 298 g/mol. The van der Waals surface area contributed by atoms with Crippen molar-refractivity contribution in [3.05, 3.63) is 22.2 Å². The summed E-state index contributed by atoms with van der Waals surface area (Å²) in [5.74, 6) is -0.718. The Kier molecular flexibility index (Phi) is 6.17. The zero-order valence-corrected chi connectivity index (χ0v) is 11.5. The van der Waals surface area contributed by atoms with E-state index in [-0.39, 0.29) is 31.1 Å². The van der Waals surface area contributed by atoms with Crippen molar-refractivity contribution >= 4 is 30.1 Å². The lowest BCUT2D eigenvalue weighted by molar-refractivity contribution is -0.388. The zero-order chi connectivity index (χ0) is 15.8. The SMILES string of the molecule is CCON(C=O)c1ccc(N(C=O)OCC)c([N+](=O)[O-])n1. The molecule has 10 nitrogen and oxygen atoms in total. The van der Waals surface area contributed by atoms with E-state index < -0.39 is 10.7 Å². The van der Waals surface area contributed by atoms with Crippen molar-refractivity contribution in [3.8, 4) is 0 Å². The van der Waals surface area contributed by atoms with Crippen molar-refractivity contribution < 1.29 is 24.2 Å². The third-order valence-electron chi connectivity index (χ3n) is 2.20. The van der Waals surface area contributed by atoms with Crippen LogP contribution >= 0.6 is 0 Å². The largest absolute Gasteiger partial charge is 0.392 e. The molecule has 0 spiro atoms. The molecular weight excluding hydrogens is 284 g/mol. The number of pyridine rings is 1. The van der Waals surface area contributed by atoms with Gasteiger partial charge in [-0.2, -0.15) is 5.06 Å². The van der Waals surface area contributed by atoms with Gasteiger partial charge in [0.05, 0.1) is 13.2 Å². The Hall–Kier alpha value is -2.59. The lowest BCUT2D eigenvalue weighted by atomic mass is 10.3. The normalized spacial score (nSPS) is 10.0. The molecule has 10 heteroatoms. The van der Waals surface area contributed by atoms with Crippen molar-refractivity contribution in [1.29, 1.82) is 0 Å². The summed E-state index contributed by atoms with van der Waals surface area (Å²) < 4.78 is 0. The molecule has 0 saturated carbocycles. The molecule has 1 rings (SSSR count). The number of amides is 2. The number of carbonyl (C=O) groups excluding carboxylic acids is 2. The second-order valence-corrected chi connectivity index (χ2v) is 3.47. The fraction of sp³-hybridized carbons (Fsp3) is 0.364. The van der Waals surface area contributed by atoms with Crippen LogP contribution in [0.3, 0.4) is 0 Å². The number of hydrogen-bond acceptors (Lipinski definition) is 7. The van der Waals surface area contributed by atoms with Crippen LogP contribution in [0.1, 0.15) is 13.8 Å². The van der Waals surface area contributed by atoms with E-state index in [2.05, 4.69) is 4.98 Å². The average molecular weight is 298 g/mol. The second-order valence-electron chi connectivity index (χ2n) is 3.47. The third kappa shape index (κ3) is 3.94. The Morgan fingerprint density at radius 1 is 1.19 bits per heavy atom. The maximum atomic E-state index is 11.1. The summed E-state index contributed by atoms with van der Waals surface area (Å²) in [6.07, 6.45) is 0.614. The number of rotatable bonds is 9. The lowest BCUT2D eigenvalue weighted by Crippen LogP contribution is -2.25. The highest BCUT2D eigenvalue weighted by Gasteiger charge is 2.25. The molecule has 1 aromatic heterocycles. The molecule has 0 aliphatic rings. The van der Waals surface area contributed by atoms with E-state index in [0.717, 1.165) is 5.06 Å². The number of nitro groups is 1. The first-order valence-corrected chi connectivity index (χ1v) is 5.99. The van der Waals surface area contributed by atoms with Crippen LogP contribution in [0.5, 0.6) is 0 Å². The van der Waals surface area contributed by atoms with Crippen LogP contribution in [0.4, 0.5) is 17.3 Å². The highest BCUT2D eigenvalue weighted by molar-refractivity contribution is 5.79. The molecule has 0 aromatic carbocycles. The molecule has 114 valence electrons. The lowest BCUT2D eigenvalue weighted by Gasteiger charge is -2.16. The van der Waals surface area contributed by atoms with Crippen molar-refractivity contribution in [2.24, 2.45) is 0 Å². The number of carbonyl (C=O) groups is 2. The summed E-state index contributed by atoms with van der Waals surface area (Å²) in [6.45, 7) is 3.57. The van der Waals surface area contributed by atoms with E-state index >= 15 is 0 Å². The Balaban J connectivity index is 3.26. The Morgan fingerprint density at radius 3 is 2.24 bits per heavy atom. The Labute approximate surface area is 119 Å². The van der Waals surface area contributed by atoms with Crippen LogP contribution in [-0.2, 0) is 19.3 Å². The molecule has 0 saturated heterocycles. The molecule has 2 amide bonds. The third-order valence-corrected chi connectivity index (χ3v) is 2.20. The summed E-state index contributed by atoms with van der Waals surface area (Å²) in [5, 5.41) is 12.5. The first-order chi connectivity index (χ1) is 10.1. The van der Waals surface area contributed by atoms with Gasteiger partial charge in [0.2, 0.25) is 12.8 Å². The molecule has 0 fully saturated rings. The van der Waals surface area contributed by atoms with Gasteiger partial charge in [-0.05, 0) is 29.8 Å². The molecule has 1 aromatic rings. The predicted octanol–water partition coefficient (Wildman–Crippen LogP) is 0.818. The molecular formula is C11H14N4O6. The molecule has 0 unspecified atom stereocenters. The first kappa shape index (κ1) is 16.5. The zero-order valence-electron chi connectivity index (χ0n) is 11.5. The van der Waals surface area contributed by atoms with Crippen LogP contribution in [-0.4, -0.2) is 35.9 Å². The summed E-state index contributed by atoms with van der Waals surface area (Å²) in [4.78, 5) is 45.6. The van der Waals surface area contributed by atoms with Gasteiger partial charge in [0.25, 0.3) is 5.82 Å². The van der Waals surface area contributed by atoms with Gasteiger partial charge in [0, 0.05) is 6.07 Å². The minimum Gasteiger partial charge on any atom is -0.358 e. The molecule has 0 aliphatic carbocycles. The molecule has 21 heavy (non-hydrogen) atoms. The highest BCUT2D eigenvalue weighted by atomic mass is 16.7. The fourth-order valence-corrected chi connectivity index (χ4v) is 1.45. The highest BCUT2D eigenvalue weighted by Crippen LogP contribution is 2.28. The van der Waals surface area contributed by atoms with Crippen molar-refractivity contribution in [2.75, 3.05) is 23.3 Å². The number of hydrogen-bond donors (Lipinski definition) is 0. The summed E-state index contributed by atoms with van der Waals surface area (Å²) >= 11 is 0. The predicted molar refractivity (Wildman–Crippen MR) is 71.2 cm³/mol. The second kappa shape index (κ2) is 7.87. The molecule has 0 atom stereocenters. The van der Waals surface area contributed by atoms with Crippen molar-refractivity contribution in [2.45, 2.75) is 13.8 Å². The molecule has 1 heterocycles. The van der Waals surface area contributed by atoms with Gasteiger partial charge >= 0.3 is 5.82 Å². The standard InChI is InChI=1S/C11H14N4O6/c1-3-20-13(7-16)9-5-6-10(12-11(9)15(18)19)14(8-17)21-4-2/h5-8H,3-4H2,1-2H3. The van der Waals surface area contributed by atoms with E-state index in [0.29, 0.717) is 11.5 Å². The Morgan fingerprint density at radius 2 is 1.76 bits per heavy atom. The van der Waals surface area contributed by atoms with Gasteiger partial charge < -0.3 is 10.1 Å². The van der Waals surface area contributed by atoms with Gasteiger partial charge in [0.1, 0.15) is 0 Å². The molecule has 0 aliphatic heterocycles. The van der Waals surface area contributed by atoms with Crippen LogP contribution in [0, 0.1) is 10.1 Å². The quantitative estimate of drug-likeness (QED) is 0.376. The van der Waals surface area contributed by atoms with Crippen LogP contribution in [0.25, 0.3) is 0 Å². The smallest absolute Gasteiger partial charge is 0.358 e. The van der Waals surface area contributed by atoms with Crippen molar-refractivity contribution in [1.82, 2.24) is 4.98 Å². The molecule has 0 N–H and O–H groups in total. The van der Waals surface area contributed by atoms with Crippen LogP contribution in [0.2, 0.25) is 0 Å². The van der Waals surface area contributed by atoms with Crippen LogP contribution < -0.4 is 10.1 Å². The van der Waals surface area contributed by atoms with Gasteiger partial charge in [-0.3, -0.25) is 19.3 Å². The molecule has 0 radical (unpaired) electrons. The molecule has 0 bridgehead atoms. The van der Waals surface area contributed by atoms with E-state index in [9.17, 15) is 19.7 Å². The number of aromatic nitrogens is 1. The van der Waals surface area contributed by atoms with Gasteiger partial charge in [-0.25, -0.2) is 0 Å². The summed E-state index contributed by atoms with van der Waals surface area (Å²) in [6, 6.07) is 2.53. The summed E-state index contributed by atoms with van der Waals surface area (Å²) in [5.41, 5.74) is -0.150. The summed E-state index contributed by atoms with van der Waals surface area (Å²) in [7, 11) is 0. The topological polar surface area (TPSA) is 115 Å².